The lowest BCUT2D eigenvalue weighted by molar-refractivity contribution is 0.750. The summed E-state index contributed by atoms with van der Waals surface area (Å²) in [5.74, 6) is 3.21. The van der Waals surface area contributed by atoms with Crippen molar-refractivity contribution in [1.29, 1.82) is 0 Å². The summed E-state index contributed by atoms with van der Waals surface area (Å²) >= 11 is 5.47. The highest BCUT2D eigenvalue weighted by molar-refractivity contribution is 9.10. The Labute approximate surface area is 105 Å². The molecule has 0 saturated carbocycles. The first-order valence-electron chi connectivity index (χ1n) is 5.25. The van der Waals surface area contributed by atoms with Gasteiger partial charge in [-0.05, 0) is 29.9 Å². The van der Waals surface area contributed by atoms with Crippen LogP contribution in [0.5, 0.6) is 0 Å². The largest absolute Gasteiger partial charge is 0.384 e. The average Bonchev–Trinajstić information content (AvgIpc) is 2.17. The molecule has 0 aromatic heterocycles. The van der Waals surface area contributed by atoms with Crippen LogP contribution in [0.25, 0.3) is 0 Å². The van der Waals surface area contributed by atoms with Gasteiger partial charge in [-0.25, -0.2) is 0 Å². The molecule has 1 aromatic carbocycles. The van der Waals surface area contributed by atoms with Crippen LogP contribution in [0.1, 0.15) is 13.8 Å². The first kappa shape index (κ1) is 12.9. The Hall–Kier alpha value is -0.150. The van der Waals surface area contributed by atoms with Crippen molar-refractivity contribution in [2.75, 3.05) is 23.4 Å². The molecule has 0 amide bonds. The summed E-state index contributed by atoms with van der Waals surface area (Å²) in [4.78, 5) is 0. The molecule has 0 radical (unpaired) electrons. The van der Waals surface area contributed by atoms with Gasteiger partial charge in [-0.2, -0.15) is 11.8 Å². The van der Waals surface area contributed by atoms with Crippen LogP contribution in [-0.4, -0.2) is 18.1 Å². The molecule has 1 nitrogen and oxygen atoms in total. The molecule has 0 unspecified atom stereocenters. The molecular formula is C12H18BrNS. The Morgan fingerprint density at radius 2 is 2.20 bits per heavy atom. The number of nitrogens with one attached hydrogen (secondary N) is 1. The van der Waals surface area contributed by atoms with Gasteiger partial charge in [0.05, 0.1) is 0 Å². The third-order valence-electron chi connectivity index (χ3n) is 1.85. The van der Waals surface area contributed by atoms with Crippen molar-refractivity contribution in [2.24, 2.45) is 5.92 Å². The van der Waals surface area contributed by atoms with Crippen LogP contribution in [0.15, 0.2) is 28.7 Å². The second kappa shape index (κ2) is 7.18. The van der Waals surface area contributed by atoms with Gasteiger partial charge in [0.1, 0.15) is 0 Å². The van der Waals surface area contributed by atoms with Gasteiger partial charge in [0, 0.05) is 22.5 Å². The monoisotopic (exact) mass is 287 g/mol. The zero-order chi connectivity index (χ0) is 11.1. The van der Waals surface area contributed by atoms with Gasteiger partial charge < -0.3 is 5.32 Å². The average molecular weight is 288 g/mol. The standard InChI is InChI=1S/C12H18BrNS/c1-10(2)9-15-7-6-14-12-5-3-4-11(13)8-12/h3-5,8,10,14H,6-7,9H2,1-2H3. The molecule has 1 aromatic rings. The Morgan fingerprint density at radius 3 is 2.87 bits per heavy atom. The topological polar surface area (TPSA) is 12.0 Å². The van der Waals surface area contributed by atoms with Crippen LogP contribution in [0.2, 0.25) is 0 Å². The molecule has 0 fully saturated rings. The molecule has 3 heteroatoms. The van der Waals surface area contributed by atoms with Crippen LogP contribution < -0.4 is 5.32 Å². The molecule has 1 N–H and O–H groups in total. The summed E-state index contributed by atoms with van der Waals surface area (Å²) in [5, 5.41) is 3.41. The van der Waals surface area contributed by atoms with E-state index in [1.54, 1.807) is 0 Å². The molecular weight excluding hydrogens is 270 g/mol. The van der Waals surface area contributed by atoms with Gasteiger partial charge in [-0.3, -0.25) is 0 Å². The Balaban J connectivity index is 2.15. The molecule has 0 atom stereocenters. The zero-order valence-electron chi connectivity index (χ0n) is 9.29. The molecule has 15 heavy (non-hydrogen) atoms. The summed E-state index contributed by atoms with van der Waals surface area (Å²) in [6.45, 7) is 5.55. The van der Waals surface area contributed by atoms with Gasteiger partial charge in [-0.1, -0.05) is 35.8 Å². The third-order valence-corrected chi connectivity index (χ3v) is 3.74. The number of benzene rings is 1. The van der Waals surface area contributed by atoms with Crippen molar-refractivity contribution in [3.63, 3.8) is 0 Å². The van der Waals surface area contributed by atoms with Crippen LogP contribution in [-0.2, 0) is 0 Å². The minimum absolute atomic E-state index is 0.792. The maximum Gasteiger partial charge on any atom is 0.0351 e. The van der Waals surface area contributed by atoms with Gasteiger partial charge in [-0.15, -0.1) is 0 Å². The van der Waals surface area contributed by atoms with Crippen LogP contribution >= 0.6 is 27.7 Å². The third kappa shape index (κ3) is 6.10. The molecule has 0 heterocycles. The van der Waals surface area contributed by atoms with Gasteiger partial charge >= 0.3 is 0 Å². The van der Waals surface area contributed by atoms with E-state index >= 15 is 0 Å². The molecule has 0 spiro atoms. The van der Waals surface area contributed by atoms with E-state index < -0.39 is 0 Å². The fourth-order valence-corrected chi connectivity index (χ4v) is 2.47. The summed E-state index contributed by atoms with van der Waals surface area (Å²) in [7, 11) is 0. The fraction of sp³-hybridized carbons (Fsp3) is 0.500. The number of thioether (sulfide) groups is 1. The van der Waals surface area contributed by atoms with Crippen molar-refractivity contribution < 1.29 is 0 Å². The van der Waals surface area contributed by atoms with Crippen LogP contribution in [0.4, 0.5) is 5.69 Å². The lowest BCUT2D eigenvalue weighted by Gasteiger charge is -2.07. The quantitative estimate of drug-likeness (QED) is 0.785. The van der Waals surface area contributed by atoms with Crippen molar-refractivity contribution >= 4 is 33.4 Å². The number of hydrogen-bond donors (Lipinski definition) is 1. The van der Waals surface area contributed by atoms with Crippen molar-refractivity contribution in [2.45, 2.75) is 13.8 Å². The lowest BCUT2D eigenvalue weighted by atomic mass is 10.3. The SMILES string of the molecule is CC(C)CSCCNc1cccc(Br)c1. The second-order valence-electron chi connectivity index (χ2n) is 3.91. The van der Waals surface area contributed by atoms with Gasteiger partial charge in [0.25, 0.3) is 0 Å². The molecule has 0 aliphatic rings. The normalized spacial score (nSPS) is 10.7. The molecule has 0 aliphatic carbocycles. The van der Waals surface area contributed by atoms with Crippen molar-refractivity contribution in [3.05, 3.63) is 28.7 Å². The van der Waals surface area contributed by atoms with E-state index in [1.807, 2.05) is 23.9 Å². The first-order valence-corrected chi connectivity index (χ1v) is 7.20. The van der Waals surface area contributed by atoms with E-state index in [9.17, 15) is 0 Å². The predicted octanol–water partition coefficient (Wildman–Crippen LogP) is 4.25. The highest BCUT2D eigenvalue weighted by Gasteiger charge is 1.95. The Bertz CT molecular complexity index is 289. The number of hydrogen-bond acceptors (Lipinski definition) is 2. The first-order chi connectivity index (χ1) is 7.18. The minimum Gasteiger partial charge on any atom is -0.384 e. The van der Waals surface area contributed by atoms with E-state index in [0.29, 0.717) is 0 Å². The van der Waals surface area contributed by atoms with Gasteiger partial charge in [0.15, 0.2) is 0 Å². The maximum atomic E-state index is 3.46. The fourth-order valence-electron chi connectivity index (χ4n) is 1.19. The Kier molecular flexibility index (Phi) is 6.18. The molecule has 0 aliphatic heterocycles. The maximum absolute atomic E-state index is 3.46. The Morgan fingerprint density at radius 1 is 1.40 bits per heavy atom. The molecule has 1 rings (SSSR count). The number of anilines is 1. The van der Waals surface area contributed by atoms with E-state index in [2.05, 4.69) is 47.2 Å². The van der Waals surface area contributed by atoms with E-state index in [-0.39, 0.29) is 0 Å². The van der Waals surface area contributed by atoms with Crippen molar-refractivity contribution in [3.8, 4) is 0 Å². The van der Waals surface area contributed by atoms with Crippen LogP contribution in [0, 0.1) is 5.92 Å². The summed E-state index contributed by atoms with van der Waals surface area (Å²) < 4.78 is 1.13. The highest BCUT2D eigenvalue weighted by Crippen LogP contribution is 2.15. The lowest BCUT2D eigenvalue weighted by Crippen LogP contribution is -2.05. The minimum atomic E-state index is 0.792. The second-order valence-corrected chi connectivity index (χ2v) is 5.97. The predicted molar refractivity (Wildman–Crippen MR) is 74.8 cm³/mol. The summed E-state index contributed by atoms with van der Waals surface area (Å²) in [6, 6.07) is 8.29. The highest BCUT2D eigenvalue weighted by atomic mass is 79.9. The van der Waals surface area contributed by atoms with E-state index in [4.69, 9.17) is 0 Å². The van der Waals surface area contributed by atoms with Crippen molar-refractivity contribution in [1.82, 2.24) is 0 Å². The smallest absolute Gasteiger partial charge is 0.0351 e. The van der Waals surface area contributed by atoms with Crippen LogP contribution in [0.3, 0.4) is 0 Å². The van der Waals surface area contributed by atoms with E-state index in [0.717, 1.165) is 16.9 Å². The summed E-state index contributed by atoms with van der Waals surface area (Å²) in [6.07, 6.45) is 0. The molecule has 0 bridgehead atoms. The zero-order valence-corrected chi connectivity index (χ0v) is 11.7. The number of rotatable bonds is 6. The summed E-state index contributed by atoms with van der Waals surface area (Å²) in [5.41, 5.74) is 1.19. The van der Waals surface area contributed by atoms with E-state index in [1.165, 1.54) is 17.2 Å². The van der Waals surface area contributed by atoms with Gasteiger partial charge in [0.2, 0.25) is 0 Å². The molecule has 84 valence electrons. The molecule has 0 saturated heterocycles. The number of halogens is 1.